The summed E-state index contributed by atoms with van der Waals surface area (Å²) in [6, 6.07) is 10.4. The summed E-state index contributed by atoms with van der Waals surface area (Å²) in [4.78, 5) is 7.16. The standard InChI is InChI=1S/C18H30N4.HI/c1-14(2)17(22-11-9-15(3)10-12-22)13-20-18(19)21-16-7-5-4-6-8-16;/h4-8,14-15,17H,9-13H2,1-3H3,(H3,19,20,21);1H. The first-order valence-corrected chi connectivity index (χ1v) is 8.42. The van der Waals surface area contributed by atoms with E-state index in [1.165, 1.54) is 25.9 Å². The van der Waals surface area contributed by atoms with E-state index in [1.54, 1.807) is 0 Å². The molecule has 0 aliphatic carbocycles. The number of halogens is 1. The van der Waals surface area contributed by atoms with Crippen LogP contribution in [-0.4, -0.2) is 36.5 Å². The van der Waals surface area contributed by atoms with Crippen molar-refractivity contribution in [1.82, 2.24) is 4.90 Å². The number of nitrogens with zero attached hydrogens (tertiary/aromatic N) is 2. The smallest absolute Gasteiger partial charge is 0.193 e. The molecule has 0 radical (unpaired) electrons. The van der Waals surface area contributed by atoms with E-state index in [0.29, 0.717) is 17.9 Å². The van der Waals surface area contributed by atoms with Crippen LogP contribution in [0.3, 0.4) is 0 Å². The van der Waals surface area contributed by atoms with Crippen LogP contribution in [0.15, 0.2) is 35.3 Å². The summed E-state index contributed by atoms with van der Waals surface area (Å²) in [6.07, 6.45) is 2.59. The fourth-order valence-corrected chi connectivity index (χ4v) is 3.01. The molecular formula is C18H31IN4. The van der Waals surface area contributed by atoms with E-state index in [1.807, 2.05) is 30.3 Å². The highest BCUT2D eigenvalue weighted by Gasteiger charge is 2.25. The minimum absolute atomic E-state index is 0. The summed E-state index contributed by atoms with van der Waals surface area (Å²) in [5.41, 5.74) is 7.01. The van der Waals surface area contributed by atoms with Crippen LogP contribution in [0.4, 0.5) is 5.69 Å². The number of aliphatic imine (C=N–C) groups is 1. The third-order valence-corrected chi connectivity index (χ3v) is 4.55. The number of nitrogens with one attached hydrogen (secondary N) is 1. The maximum Gasteiger partial charge on any atom is 0.193 e. The number of likely N-dealkylation sites (tertiary alicyclic amines) is 1. The predicted molar refractivity (Wildman–Crippen MR) is 111 cm³/mol. The molecular weight excluding hydrogens is 399 g/mol. The number of nitrogens with two attached hydrogens (primary N) is 1. The molecule has 0 saturated carbocycles. The van der Waals surface area contributed by atoms with Crippen LogP contribution in [0.25, 0.3) is 0 Å². The van der Waals surface area contributed by atoms with Crippen molar-refractivity contribution < 1.29 is 0 Å². The highest BCUT2D eigenvalue weighted by atomic mass is 127. The monoisotopic (exact) mass is 430 g/mol. The van der Waals surface area contributed by atoms with Crippen LogP contribution in [0, 0.1) is 11.8 Å². The van der Waals surface area contributed by atoms with Gasteiger partial charge in [-0.05, 0) is 49.9 Å². The lowest BCUT2D eigenvalue weighted by Gasteiger charge is -2.38. The number of guanidine groups is 1. The van der Waals surface area contributed by atoms with Gasteiger partial charge in [-0.1, -0.05) is 39.0 Å². The molecule has 3 N–H and O–H groups in total. The number of hydrogen-bond donors (Lipinski definition) is 2. The van der Waals surface area contributed by atoms with E-state index in [2.05, 4.69) is 36.0 Å². The molecule has 0 aromatic heterocycles. The van der Waals surface area contributed by atoms with Gasteiger partial charge in [0.2, 0.25) is 0 Å². The van der Waals surface area contributed by atoms with Crippen LogP contribution in [0.2, 0.25) is 0 Å². The summed E-state index contributed by atoms with van der Waals surface area (Å²) in [6.45, 7) is 10.0. The summed E-state index contributed by atoms with van der Waals surface area (Å²) in [7, 11) is 0. The highest BCUT2D eigenvalue weighted by Crippen LogP contribution is 2.21. The number of hydrogen-bond acceptors (Lipinski definition) is 2. The van der Waals surface area contributed by atoms with Crippen molar-refractivity contribution in [3.63, 3.8) is 0 Å². The molecule has 0 amide bonds. The van der Waals surface area contributed by atoms with E-state index in [9.17, 15) is 0 Å². The van der Waals surface area contributed by atoms with Gasteiger partial charge in [0.1, 0.15) is 0 Å². The maximum absolute atomic E-state index is 6.03. The first-order valence-electron chi connectivity index (χ1n) is 8.42. The second kappa shape index (κ2) is 10.1. The van der Waals surface area contributed by atoms with Crippen LogP contribution < -0.4 is 11.1 Å². The van der Waals surface area contributed by atoms with Gasteiger partial charge in [0.15, 0.2) is 5.96 Å². The van der Waals surface area contributed by atoms with Gasteiger partial charge in [-0.3, -0.25) is 9.89 Å². The summed E-state index contributed by atoms with van der Waals surface area (Å²) in [5, 5.41) is 3.16. The number of anilines is 1. The zero-order chi connectivity index (χ0) is 15.9. The second-order valence-corrected chi connectivity index (χ2v) is 6.75. The Labute approximate surface area is 157 Å². The van der Waals surface area contributed by atoms with E-state index in [4.69, 9.17) is 5.73 Å². The van der Waals surface area contributed by atoms with Gasteiger partial charge in [0.05, 0.1) is 6.54 Å². The Kier molecular flexibility index (Phi) is 8.91. The third kappa shape index (κ3) is 6.67. The van der Waals surface area contributed by atoms with Crippen LogP contribution in [-0.2, 0) is 0 Å². The Morgan fingerprint density at radius 3 is 2.43 bits per heavy atom. The van der Waals surface area contributed by atoms with Gasteiger partial charge in [-0.25, -0.2) is 0 Å². The van der Waals surface area contributed by atoms with Crippen molar-refractivity contribution in [3.8, 4) is 0 Å². The van der Waals surface area contributed by atoms with Crippen molar-refractivity contribution in [2.75, 3.05) is 25.0 Å². The molecule has 1 heterocycles. The lowest BCUT2D eigenvalue weighted by atomic mass is 9.94. The van der Waals surface area contributed by atoms with E-state index in [-0.39, 0.29) is 24.0 Å². The third-order valence-electron chi connectivity index (χ3n) is 4.55. The normalized spacial score (nSPS) is 18.5. The van der Waals surface area contributed by atoms with Crippen molar-refractivity contribution in [1.29, 1.82) is 0 Å². The molecule has 1 saturated heterocycles. The molecule has 1 atom stereocenters. The van der Waals surface area contributed by atoms with Gasteiger partial charge < -0.3 is 11.1 Å². The summed E-state index contributed by atoms with van der Waals surface area (Å²) >= 11 is 0. The van der Waals surface area contributed by atoms with Gasteiger partial charge >= 0.3 is 0 Å². The molecule has 23 heavy (non-hydrogen) atoms. The maximum atomic E-state index is 6.03. The average Bonchev–Trinajstić information content (AvgIpc) is 2.50. The van der Waals surface area contributed by atoms with E-state index < -0.39 is 0 Å². The highest BCUT2D eigenvalue weighted by molar-refractivity contribution is 14.0. The van der Waals surface area contributed by atoms with Crippen molar-refractivity contribution in [2.45, 2.75) is 39.7 Å². The van der Waals surface area contributed by atoms with Crippen molar-refractivity contribution in [2.24, 2.45) is 22.6 Å². The molecule has 130 valence electrons. The molecule has 1 aromatic carbocycles. The fourth-order valence-electron chi connectivity index (χ4n) is 3.01. The summed E-state index contributed by atoms with van der Waals surface area (Å²) in [5.74, 6) is 1.95. The average molecular weight is 430 g/mol. The fraction of sp³-hybridized carbons (Fsp3) is 0.611. The molecule has 1 aliphatic rings. The molecule has 1 unspecified atom stereocenters. The molecule has 1 aliphatic heterocycles. The van der Waals surface area contributed by atoms with Crippen LogP contribution in [0.5, 0.6) is 0 Å². The van der Waals surface area contributed by atoms with Gasteiger partial charge in [-0.15, -0.1) is 24.0 Å². The van der Waals surface area contributed by atoms with Gasteiger partial charge in [0, 0.05) is 11.7 Å². The van der Waals surface area contributed by atoms with Gasteiger partial charge in [0.25, 0.3) is 0 Å². The number of para-hydroxylation sites is 1. The minimum atomic E-state index is 0. The lowest BCUT2D eigenvalue weighted by Crippen LogP contribution is -2.45. The molecule has 4 nitrogen and oxygen atoms in total. The molecule has 1 aromatic rings. The zero-order valence-electron chi connectivity index (χ0n) is 14.5. The van der Waals surface area contributed by atoms with Gasteiger partial charge in [-0.2, -0.15) is 0 Å². The SMILES string of the molecule is CC1CCN(C(CN=C(N)Nc2ccccc2)C(C)C)CC1.I. The largest absolute Gasteiger partial charge is 0.370 e. The number of piperidine rings is 1. The molecule has 0 bridgehead atoms. The zero-order valence-corrected chi connectivity index (χ0v) is 16.9. The van der Waals surface area contributed by atoms with Crippen LogP contribution >= 0.6 is 24.0 Å². The predicted octanol–water partition coefficient (Wildman–Crippen LogP) is 3.79. The Balaban J connectivity index is 0.00000264. The number of rotatable bonds is 5. The molecule has 5 heteroatoms. The van der Waals surface area contributed by atoms with Crippen LogP contribution in [0.1, 0.15) is 33.6 Å². The Hall–Kier alpha value is -0.820. The number of benzene rings is 1. The van der Waals surface area contributed by atoms with Crippen molar-refractivity contribution >= 4 is 35.6 Å². The van der Waals surface area contributed by atoms with E-state index in [0.717, 1.165) is 18.2 Å². The first kappa shape index (κ1) is 20.2. The Morgan fingerprint density at radius 2 is 1.87 bits per heavy atom. The molecule has 0 spiro atoms. The minimum Gasteiger partial charge on any atom is -0.370 e. The molecule has 1 fully saturated rings. The first-order chi connectivity index (χ1) is 10.6. The van der Waals surface area contributed by atoms with Crippen molar-refractivity contribution in [3.05, 3.63) is 30.3 Å². The lowest BCUT2D eigenvalue weighted by molar-refractivity contribution is 0.113. The topological polar surface area (TPSA) is 53.6 Å². The Morgan fingerprint density at radius 1 is 1.26 bits per heavy atom. The van der Waals surface area contributed by atoms with E-state index >= 15 is 0 Å². The summed E-state index contributed by atoms with van der Waals surface area (Å²) < 4.78 is 0. The quantitative estimate of drug-likeness (QED) is 0.425. The Bertz CT molecular complexity index is 467. The molecule has 2 rings (SSSR count). The second-order valence-electron chi connectivity index (χ2n) is 6.75.